The van der Waals surface area contributed by atoms with E-state index in [1.165, 1.54) is 0 Å². The molecule has 1 heterocycles. The zero-order valence-electron chi connectivity index (χ0n) is 7.13. The second kappa shape index (κ2) is 3.05. The lowest BCUT2D eigenvalue weighted by molar-refractivity contribution is -0.146. The second-order valence-electron chi connectivity index (χ2n) is 2.93. The van der Waals surface area contributed by atoms with Crippen LogP contribution < -0.4 is 0 Å². The van der Waals surface area contributed by atoms with Crippen LogP contribution in [0.15, 0.2) is 12.3 Å². The summed E-state index contributed by atoms with van der Waals surface area (Å²) in [6.07, 6.45) is 1.61. The monoisotopic (exact) mass is 154 g/mol. The van der Waals surface area contributed by atoms with Gasteiger partial charge in [0.2, 0.25) is 5.91 Å². The number of allylic oxidation sites excluding steroid dienone is 1. The fourth-order valence-corrected chi connectivity index (χ4v) is 1.36. The average Bonchev–Trinajstić information content (AvgIpc) is 1.85. The number of amides is 1. The van der Waals surface area contributed by atoms with E-state index in [0.717, 1.165) is 18.7 Å². The summed E-state index contributed by atoms with van der Waals surface area (Å²) >= 11 is 0. The SMILES string of the molecule is C=C(C)N1C(=O)CCCN1C. The fraction of sp³-hybridized carbons (Fsp3) is 0.625. The maximum absolute atomic E-state index is 11.3. The lowest BCUT2D eigenvalue weighted by atomic mass is 10.2. The number of carbonyl (C=O) groups excluding carboxylic acids is 1. The third kappa shape index (κ3) is 1.60. The number of carbonyl (C=O) groups is 1. The van der Waals surface area contributed by atoms with Gasteiger partial charge in [0, 0.05) is 25.7 Å². The van der Waals surface area contributed by atoms with E-state index >= 15 is 0 Å². The Morgan fingerprint density at radius 2 is 2.27 bits per heavy atom. The summed E-state index contributed by atoms with van der Waals surface area (Å²) < 4.78 is 0. The van der Waals surface area contributed by atoms with E-state index in [-0.39, 0.29) is 5.91 Å². The molecule has 62 valence electrons. The van der Waals surface area contributed by atoms with E-state index in [9.17, 15) is 4.79 Å². The molecule has 0 atom stereocenters. The van der Waals surface area contributed by atoms with Crippen LogP contribution in [0.2, 0.25) is 0 Å². The van der Waals surface area contributed by atoms with Crippen molar-refractivity contribution in [3.8, 4) is 0 Å². The Kier molecular flexibility index (Phi) is 2.29. The molecule has 11 heavy (non-hydrogen) atoms. The van der Waals surface area contributed by atoms with Gasteiger partial charge in [-0.25, -0.2) is 10.0 Å². The van der Waals surface area contributed by atoms with Gasteiger partial charge in [-0.15, -0.1) is 0 Å². The van der Waals surface area contributed by atoms with Gasteiger partial charge >= 0.3 is 0 Å². The maximum atomic E-state index is 11.3. The fourth-order valence-electron chi connectivity index (χ4n) is 1.36. The molecule has 0 saturated carbocycles. The van der Waals surface area contributed by atoms with E-state index in [2.05, 4.69) is 6.58 Å². The highest BCUT2D eigenvalue weighted by atomic mass is 16.2. The highest BCUT2D eigenvalue weighted by Crippen LogP contribution is 2.14. The van der Waals surface area contributed by atoms with Crippen molar-refractivity contribution >= 4 is 5.91 Å². The van der Waals surface area contributed by atoms with Gasteiger partial charge in [-0.3, -0.25) is 4.79 Å². The molecule has 0 bridgehead atoms. The minimum absolute atomic E-state index is 0.159. The van der Waals surface area contributed by atoms with E-state index < -0.39 is 0 Å². The minimum Gasteiger partial charge on any atom is -0.273 e. The molecule has 1 amide bonds. The summed E-state index contributed by atoms with van der Waals surface area (Å²) in [6, 6.07) is 0. The topological polar surface area (TPSA) is 23.6 Å². The van der Waals surface area contributed by atoms with Crippen LogP contribution in [-0.2, 0) is 4.79 Å². The van der Waals surface area contributed by atoms with Crippen molar-refractivity contribution in [2.24, 2.45) is 0 Å². The van der Waals surface area contributed by atoms with Crippen LogP contribution in [0.3, 0.4) is 0 Å². The molecule has 0 aliphatic carbocycles. The van der Waals surface area contributed by atoms with Gasteiger partial charge in [0.1, 0.15) is 0 Å². The zero-order chi connectivity index (χ0) is 8.43. The summed E-state index contributed by atoms with van der Waals surface area (Å²) in [5.74, 6) is 0.159. The van der Waals surface area contributed by atoms with Crippen LogP contribution in [0, 0.1) is 0 Å². The van der Waals surface area contributed by atoms with E-state index in [1.54, 1.807) is 5.01 Å². The van der Waals surface area contributed by atoms with Crippen molar-refractivity contribution in [2.45, 2.75) is 19.8 Å². The van der Waals surface area contributed by atoms with Crippen LogP contribution in [0.4, 0.5) is 0 Å². The third-order valence-electron chi connectivity index (χ3n) is 1.81. The Morgan fingerprint density at radius 3 is 2.64 bits per heavy atom. The van der Waals surface area contributed by atoms with Crippen molar-refractivity contribution in [1.29, 1.82) is 0 Å². The Hall–Kier alpha value is -0.830. The van der Waals surface area contributed by atoms with Gasteiger partial charge in [0.25, 0.3) is 0 Å². The van der Waals surface area contributed by atoms with Gasteiger partial charge in [-0.1, -0.05) is 6.58 Å². The second-order valence-corrected chi connectivity index (χ2v) is 2.93. The standard InChI is InChI=1S/C8H14N2O/c1-7(2)10-8(11)5-4-6-9(10)3/h1,4-6H2,2-3H3. The first-order valence-corrected chi connectivity index (χ1v) is 3.82. The number of nitrogens with zero attached hydrogens (tertiary/aromatic N) is 2. The minimum atomic E-state index is 0.159. The van der Waals surface area contributed by atoms with E-state index in [1.807, 2.05) is 19.0 Å². The van der Waals surface area contributed by atoms with Crippen molar-refractivity contribution in [2.75, 3.05) is 13.6 Å². The molecule has 1 aliphatic heterocycles. The smallest absolute Gasteiger partial charge is 0.241 e. The van der Waals surface area contributed by atoms with Gasteiger partial charge in [-0.2, -0.15) is 0 Å². The molecule has 0 N–H and O–H groups in total. The van der Waals surface area contributed by atoms with Crippen molar-refractivity contribution in [1.82, 2.24) is 10.0 Å². The number of hydrazine groups is 1. The predicted octanol–water partition coefficient (Wildman–Crippen LogP) is 0.989. The highest BCUT2D eigenvalue weighted by Gasteiger charge is 2.22. The third-order valence-corrected chi connectivity index (χ3v) is 1.81. The first-order chi connectivity index (χ1) is 5.13. The summed E-state index contributed by atoms with van der Waals surface area (Å²) in [6.45, 7) is 6.53. The van der Waals surface area contributed by atoms with Gasteiger partial charge in [0.15, 0.2) is 0 Å². The molecule has 1 fully saturated rings. The van der Waals surface area contributed by atoms with E-state index in [4.69, 9.17) is 0 Å². The molecule has 0 spiro atoms. The molecule has 1 rings (SSSR count). The first kappa shape index (κ1) is 8.27. The maximum Gasteiger partial charge on any atom is 0.241 e. The quantitative estimate of drug-likeness (QED) is 0.562. The molecular weight excluding hydrogens is 140 g/mol. The van der Waals surface area contributed by atoms with Crippen molar-refractivity contribution < 1.29 is 4.79 Å². The average molecular weight is 154 g/mol. The van der Waals surface area contributed by atoms with Crippen LogP contribution in [-0.4, -0.2) is 29.5 Å². The summed E-state index contributed by atoms with van der Waals surface area (Å²) in [5, 5.41) is 3.55. The summed E-state index contributed by atoms with van der Waals surface area (Å²) in [4.78, 5) is 11.3. The Morgan fingerprint density at radius 1 is 1.64 bits per heavy atom. The number of hydrogen-bond acceptors (Lipinski definition) is 2. The molecule has 0 radical (unpaired) electrons. The number of hydrogen-bond donors (Lipinski definition) is 0. The molecule has 0 aromatic carbocycles. The molecule has 3 nitrogen and oxygen atoms in total. The number of rotatable bonds is 1. The van der Waals surface area contributed by atoms with Crippen LogP contribution >= 0.6 is 0 Å². The van der Waals surface area contributed by atoms with Gasteiger partial charge in [0.05, 0.1) is 0 Å². The molecule has 1 aliphatic rings. The molecule has 1 saturated heterocycles. The lowest BCUT2D eigenvalue weighted by Crippen LogP contribution is -2.46. The Bertz CT molecular complexity index is 189. The predicted molar refractivity (Wildman–Crippen MR) is 43.5 cm³/mol. The summed E-state index contributed by atoms with van der Waals surface area (Å²) in [5.41, 5.74) is 0.803. The molecule has 0 aromatic rings. The Balaban J connectivity index is 2.70. The first-order valence-electron chi connectivity index (χ1n) is 3.82. The Labute approximate surface area is 67.2 Å². The van der Waals surface area contributed by atoms with Crippen LogP contribution in [0.5, 0.6) is 0 Å². The largest absolute Gasteiger partial charge is 0.273 e. The van der Waals surface area contributed by atoms with Crippen molar-refractivity contribution in [3.05, 3.63) is 12.3 Å². The summed E-state index contributed by atoms with van der Waals surface area (Å²) in [7, 11) is 1.91. The normalized spacial score (nSPS) is 20.5. The molecular formula is C8H14N2O. The highest BCUT2D eigenvalue weighted by molar-refractivity contribution is 5.77. The van der Waals surface area contributed by atoms with Crippen LogP contribution in [0.1, 0.15) is 19.8 Å². The van der Waals surface area contributed by atoms with Gasteiger partial charge < -0.3 is 0 Å². The molecule has 0 aromatic heterocycles. The lowest BCUT2D eigenvalue weighted by Gasteiger charge is -2.35. The zero-order valence-corrected chi connectivity index (χ0v) is 7.13. The molecule has 3 heteroatoms. The molecule has 0 unspecified atom stereocenters. The van der Waals surface area contributed by atoms with E-state index in [0.29, 0.717) is 6.42 Å². The van der Waals surface area contributed by atoms with Crippen molar-refractivity contribution in [3.63, 3.8) is 0 Å². The van der Waals surface area contributed by atoms with Gasteiger partial charge in [-0.05, 0) is 13.3 Å². The van der Waals surface area contributed by atoms with Crippen LogP contribution in [0.25, 0.3) is 0 Å².